The Kier molecular flexibility index (Phi) is 4.08. The van der Waals surface area contributed by atoms with E-state index in [1.54, 1.807) is 6.92 Å². The molecule has 0 N–H and O–H groups in total. The summed E-state index contributed by atoms with van der Waals surface area (Å²) in [5.74, 6) is -3.20. The van der Waals surface area contributed by atoms with Gasteiger partial charge in [-0.2, -0.15) is 0 Å². The fourth-order valence-corrected chi connectivity index (χ4v) is 2.22. The van der Waals surface area contributed by atoms with Crippen LogP contribution < -0.4 is 5.30 Å². The van der Waals surface area contributed by atoms with Crippen LogP contribution in [-0.2, 0) is 5.31 Å². The number of hydrogen-bond donors (Lipinski definition) is 0. The molecule has 0 aliphatic heterocycles. The highest BCUT2D eigenvalue weighted by molar-refractivity contribution is 7.27. The van der Waals surface area contributed by atoms with E-state index in [-0.39, 0.29) is 10.9 Å². The van der Waals surface area contributed by atoms with Crippen LogP contribution in [0.25, 0.3) is 6.08 Å². The second-order valence-corrected chi connectivity index (χ2v) is 4.70. The number of hydrogen-bond acceptors (Lipinski definition) is 0. The fraction of sp³-hybridized carbons (Fsp3) is 0.333. The second-order valence-electron chi connectivity index (χ2n) is 4.12. The summed E-state index contributed by atoms with van der Waals surface area (Å²) in [6, 6.07) is 0. The zero-order chi connectivity index (χ0) is 13.4. The Hall–Kier alpha value is -0.755. The van der Waals surface area contributed by atoms with Gasteiger partial charge >= 0.3 is 0 Å². The molecule has 17 heavy (non-hydrogen) atoms. The van der Waals surface area contributed by atoms with Crippen molar-refractivity contribution in [1.82, 2.24) is 0 Å². The zero-order valence-corrected chi connectivity index (χ0v) is 10.9. The van der Waals surface area contributed by atoms with E-state index < -0.39 is 28.3 Å². The van der Waals surface area contributed by atoms with Crippen molar-refractivity contribution in [3.8, 4) is 0 Å². The van der Waals surface area contributed by atoms with Gasteiger partial charge in [0.15, 0.2) is 11.6 Å². The van der Waals surface area contributed by atoms with E-state index in [4.69, 9.17) is 7.85 Å². The molecule has 0 saturated heterocycles. The highest BCUT2D eigenvalue weighted by Crippen LogP contribution is 2.30. The Morgan fingerprint density at radius 2 is 1.82 bits per heavy atom. The molecular weight excluding hydrogens is 243 g/mol. The van der Waals surface area contributed by atoms with Crippen LogP contribution in [0.5, 0.6) is 0 Å². The quantitative estimate of drug-likeness (QED) is 0.443. The summed E-state index contributed by atoms with van der Waals surface area (Å²) in [6.07, 6.45) is 1.31. The lowest BCUT2D eigenvalue weighted by atomic mass is 9.63. The maximum Gasteiger partial charge on any atom is 0.169 e. The first-order chi connectivity index (χ1) is 7.77. The highest BCUT2D eigenvalue weighted by atomic mass is 31.0. The van der Waals surface area contributed by atoms with Crippen molar-refractivity contribution in [3.63, 3.8) is 0 Å². The van der Waals surface area contributed by atoms with E-state index in [1.165, 1.54) is 6.92 Å². The summed E-state index contributed by atoms with van der Waals surface area (Å²) in [6.45, 7) is 6.52. The van der Waals surface area contributed by atoms with E-state index in [0.717, 1.165) is 6.08 Å². The van der Waals surface area contributed by atoms with E-state index in [2.05, 4.69) is 15.8 Å². The smallest absolute Gasteiger partial charge is 0.169 e. The Morgan fingerprint density at radius 3 is 2.24 bits per heavy atom. The first kappa shape index (κ1) is 14.3. The Balaban J connectivity index is 3.71. The molecule has 0 fully saturated rings. The minimum absolute atomic E-state index is 0.0503. The van der Waals surface area contributed by atoms with Crippen molar-refractivity contribution in [2.24, 2.45) is 0 Å². The van der Waals surface area contributed by atoms with Gasteiger partial charge in [0.05, 0.1) is 7.85 Å². The van der Waals surface area contributed by atoms with Crippen LogP contribution in [0.15, 0.2) is 6.58 Å². The molecule has 90 valence electrons. The molecule has 0 nitrogen and oxygen atoms in total. The molecule has 1 aromatic carbocycles. The van der Waals surface area contributed by atoms with Crippen molar-refractivity contribution >= 4 is 28.5 Å². The van der Waals surface area contributed by atoms with Crippen molar-refractivity contribution < 1.29 is 13.2 Å². The van der Waals surface area contributed by atoms with Gasteiger partial charge in [0.2, 0.25) is 0 Å². The molecule has 0 spiro atoms. The first-order valence-corrected chi connectivity index (χ1v) is 5.73. The molecule has 2 radical (unpaired) electrons. The molecule has 0 heterocycles. The van der Waals surface area contributed by atoms with Crippen LogP contribution in [0.2, 0.25) is 0 Å². The molecule has 0 bridgehead atoms. The van der Waals surface area contributed by atoms with E-state index in [9.17, 15) is 13.2 Å². The van der Waals surface area contributed by atoms with Gasteiger partial charge in [-0.1, -0.05) is 32.9 Å². The normalized spacial score (nSPS) is 14.5. The van der Waals surface area contributed by atoms with Crippen molar-refractivity contribution in [2.45, 2.75) is 25.6 Å². The van der Waals surface area contributed by atoms with Crippen LogP contribution in [0.1, 0.15) is 31.4 Å². The van der Waals surface area contributed by atoms with Crippen LogP contribution >= 0.6 is 9.24 Å². The number of halogens is 3. The Bertz CT molecular complexity index is 440. The van der Waals surface area contributed by atoms with Gasteiger partial charge in [-0.15, -0.1) is 9.24 Å². The SMILES string of the molecule is [B]C(C)(CC)c1c(F)c(F)c(C=C)c(F)c1P. The summed E-state index contributed by atoms with van der Waals surface area (Å²) >= 11 is 0. The third kappa shape index (κ3) is 2.28. The van der Waals surface area contributed by atoms with Crippen molar-refractivity contribution in [3.05, 3.63) is 35.2 Å². The van der Waals surface area contributed by atoms with Gasteiger partial charge in [-0.05, 0) is 10.9 Å². The summed E-state index contributed by atoms with van der Waals surface area (Å²) in [5, 5.41) is -1.17. The lowest BCUT2D eigenvalue weighted by Gasteiger charge is -2.27. The summed E-state index contributed by atoms with van der Waals surface area (Å²) < 4.78 is 41.3. The molecule has 5 heteroatoms. The lowest BCUT2D eigenvalue weighted by molar-refractivity contribution is 0.468. The largest absolute Gasteiger partial charge is 0.206 e. The van der Waals surface area contributed by atoms with Crippen molar-refractivity contribution in [1.29, 1.82) is 0 Å². The highest BCUT2D eigenvalue weighted by Gasteiger charge is 2.30. The summed E-state index contributed by atoms with van der Waals surface area (Å²) in [5.41, 5.74) is -0.617. The van der Waals surface area contributed by atoms with Gasteiger partial charge in [0.25, 0.3) is 0 Å². The minimum atomic E-state index is -1.25. The van der Waals surface area contributed by atoms with Crippen molar-refractivity contribution in [2.75, 3.05) is 0 Å². The standard InChI is InChI=1S/C12H13BF3P/c1-4-6-8(14)10(16)7(11(17)9(6)15)12(3,13)5-2/h4H,1,5,17H2,2-3H3. The predicted molar refractivity (Wildman–Crippen MR) is 69.1 cm³/mol. The van der Waals surface area contributed by atoms with Crippen LogP contribution in [0, 0.1) is 17.5 Å². The van der Waals surface area contributed by atoms with Gasteiger partial charge < -0.3 is 0 Å². The van der Waals surface area contributed by atoms with Gasteiger partial charge in [-0.3, -0.25) is 0 Å². The van der Waals surface area contributed by atoms with E-state index in [0.29, 0.717) is 6.42 Å². The van der Waals surface area contributed by atoms with Crippen LogP contribution in [0.3, 0.4) is 0 Å². The van der Waals surface area contributed by atoms with E-state index >= 15 is 0 Å². The van der Waals surface area contributed by atoms with Crippen LogP contribution in [-0.4, -0.2) is 7.85 Å². The molecular formula is C12H13BF3P. The predicted octanol–water partition coefficient (Wildman–Crippen LogP) is 3.04. The number of rotatable bonds is 3. The van der Waals surface area contributed by atoms with E-state index in [1.807, 2.05) is 0 Å². The maximum absolute atomic E-state index is 13.9. The third-order valence-electron chi connectivity index (χ3n) is 2.90. The Morgan fingerprint density at radius 1 is 1.29 bits per heavy atom. The number of benzene rings is 1. The molecule has 2 unspecified atom stereocenters. The molecule has 0 aliphatic carbocycles. The molecule has 2 atom stereocenters. The molecule has 0 saturated carbocycles. The van der Waals surface area contributed by atoms with Gasteiger partial charge in [0, 0.05) is 10.9 Å². The molecule has 0 aliphatic rings. The second kappa shape index (κ2) is 4.85. The minimum Gasteiger partial charge on any atom is -0.206 e. The average Bonchev–Trinajstić information content (AvgIpc) is 2.27. The monoisotopic (exact) mass is 256 g/mol. The molecule has 0 amide bonds. The summed E-state index contributed by atoms with van der Waals surface area (Å²) in [4.78, 5) is 0. The van der Waals surface area contributed by atoms with Crippen LogP contribution in [0.4, 0.5) is 13.2 Å². The zero-order valence-electron chi connectivity index (χ0n) is 9.78. The first-order valence-electron chi connectivity index (χ1n) is 5.15. The summed E-state index contributed by atoms with van der Waals surface area (Å²) in [7, 11) is 7.93. The van der Waals surface area contributed by atoms with Gasteiger partial charge in [0.1, 0.15) is 5.82 Å². The molecule has 1 rings (SSSR count). The topological polar surface area (TPSA) is 0 Å². The van der Waals surface area contributed by atoms with Gasteiger partial charge in [-0.25, -0.2) is 13.2 Å². The fourth-order valence-electron chi connectivity index (χ4n) is 1.61. The lowest BCUT2D eigenvalue weighted by Crippen LogP contribution is -2.31. The molecule has 0 aromatic heterocycles. The average molecular weight is 256 g/mol. The maximum atomic E-state index is 13.9. The Labute approximate surface area is 103 Å². The molecule has 1 aromatic rings. The third-order valence-corrected chi connectivity index (χ3v) is 3.44.